The minimum absolute atomic E-state index is 0.286. The molecule has 0 bridgehead atoms. The molecule has 4 nitrogen and oxygen atoms in total. The fraction of sp³-hybridized carbons (Fsp3) is 0.708. The first-order valence-electron chi connectivity index (χ1n) is 11.5. The number of hydrogen-bond donors (Lipinski definition) is 1. The van der Waals surface area contributed by atoms with Crippen molar-refractivity contribution in [2.75, 3.05) is 33.2 Å². The summed E-state index contributed by atoms with van der Waals surface area (Å²) in [6.45, 7) is 4.64. The van der Waals surface area contributed by atoms with Crippen LogP contribution in [0, 0.1) is 0 Å². The molecule has 1 N–H and O–H groups in total. The number of rotatable bonds is 4. The van der Waals surface area contributed by atoms with E-state index in [0.717, 1.165) is 38.6 Å². The van der Waals surface area contributed by atoms with E-state index in [9.17, 15) is 4.79 Å². The van der Waals surface area contributed by atoms with Crippen LogP contribution in [0.2, 0.25) is 0 Å². The second-order valence-corrected chi connectivity index (χ2v) is 9.35. The van der Waals surface area contributed by atoms with Crippen molar-refractivity contribution in [2.45, 2.75) is 75.3 Å². The molecule has 3 fully saturated rings. The Kier molecular flexibility index (Phi) is 6.37. The van der Waals surface area contributed by atoms with Crippen molar-refractivity contribution < 1.29 is 4.79 Å². The van der Waals surface area contributed by atoms with E-state index in [2.05, 4.69) is 52.5 Å². The van der Waals surface area contributed by atoms with Gasteiger partial charge in [0.25, 0.3) is 0 Å². The lowest BCUT2D eigenvalue weighted by molar-refractivity contribution is -0.129. The maximum Gasteiger partial charge on any atom is 0.230 e. The van der Waals surface area contributed by atoms with Crippen molar-refractivity contribution in [3.05, 3.63) is 35.9 Å². The van der Waals surface area contributed by atoms with Crippen LogP contribution in [0.4, 0.5) is 0 Å². The number of carbonyl (C=O) groups excluding carboxylic acids is 1. The predicted molar refractivity (Wildman–Crippen MR) is 114 cm³/mol. The molecule has 1 aromatic carbocycles. The van der Waals surface area contributed by atoms with Gasteiger partial charge in [0.15, 0.2) is 0 Å². The van der Waals surface area contributed by atoms with Crippen molar-refractivity contribution in [1.29, 1.82) is 0 Å². The van der Waals surface area contributed by atoms with E-state index in [1.165, 1.54) is 50.9 Å². The lowest BCUT2D eigenvalue weighted by Gasteiger charge is -2.43. The van der Waals surface area contributed by atoms with Crippen molar-refractivity contribution in [2.24, 2.45) is 0 Å². The average Bonchev–Trinajstić information content (AvgIpc) is 2.75. The molecule has 1 unspecified atom stereocenters. The molecule has 2 aliphatic heterocycles. The van der Waals surface area contributed by atoms with E-state index in [0.29, 0.717) is 12.1 Å². The normalized spacial score (nSPS) is 27.4. The van der Waals surface area contributed by atoms with Crippen LogP contribution in [-0.2, 0) is 10.2 Å². The molecule has 1 saturated carbocycles. The Hall–Kier alpha value is -1.39. The van der Waals surface area contributed by atoms with E-state index in [-0.39, 0.29) is 11.3 Å². The molecule has 3 aliphatic rings. The lowest BCUT2D eigenvalue weighted by atomic mass is 9.68. The van der Waals surface area contributed by atoms with E-state index in [1.54, 1.807) is 0 Å². The smallest absolute Gasteiger partial charge is 0.230 e. The molecule has 154 valence electrons. The summed E-state index contributed by atoms with van der Waals surface area (Å²) in [5.74, 6) is 0.286. The molecule has 2 heterocycles. The summed E-state index contributed by atoms with van der Waals surface area (Å²) in [5.41, 5.74) is 0.908. The highest BCUT2D eigenvalue weighted by Gasteiger charge is 2.42. The van der Waals surface area contributed by atoms with Crippen LogP contribution in [0.5, 0.6) is 0 Å². The minimum atomic E-state index is -0.310. The molecule has 0 aromatic heterocycles. The van der Waals surface area contributed by atoms with Crippen molar-refractivity contribution >= 4 is 5.91 Å². The Morgan fingerprint density at radius 3 is 2.39 bits per heavy atom. The van der Waals surface area contributed by atoms with Gasteiger partial charge in [-0.3, -0.25) is 9.69 Å². The van der Waals surface area contributed by atoms with Gasteiger partial charge in [0.1, 0.15) is 0 Å². The van der Waals surface area contributed by atoms with Gasteiger partial charge < -0.3 is 10.2 Å². The van der Waals surface area contributed by atoms with Gasteiger partial charge in [-0.05, 0) is 70.8 Å². The van der Waals surface area contributed by atoms with Crippen LogP contribution < -0.4 is 5.32 Å². The number of nitrogens with zero attached hydrogens (tertiary/aromatic N) is 2. The van der Waals surface area contributed by atoms with Crippen LogP contribution in [0.1, 0.15) is 63.4 Å². The predicted octanol–water partition coefficient (Wildman–Crippen LogP) is 3.56. The second-order valence-electron chi connectivity index (χ2n) is 9.35. The van der Waals surface area contributed by atoms with Gasteiger partial charge in [0.2, 0.25) is 5.91 Å². The molecule has 1 atom stereocenters. The molecular formula is C24H37N3O. The molecule has 1 aromatic rings. The number of likely N-dealkylation sites (tertiary alicyclic amines) is 2. The molecule has 1 amide bonds. The number of carbonyl (C=O) groups is 1. The van der Waals surface area contributed by atoms with E-state index in [4.69, 9.17) is 0 Å². The van der Waals surface area contributed by atoms with Crippen LogP contribution in [0.25, 0.3) is 0 Å². The Morgan fingerprint density at radius 1 is 0.964 bits per heavy atom. The van der Waals surface area contributed by atoms with Gasteiger partial charge in [-0.1, -0.05) is 49.6 Å². The van der Waals surface area contributed by atoms with Crippen LogP contribution >= 0.6 is 0 Å². The molecule has 2 saturated heterocycles. The zero-order valence-electron chi connectivity index (χ0n) is 17.5. The average molecular weight is 384 g/mol. The third kappa shape index (κ3) is 4.28. The Labute approximate surface area is 170 Å². The molecule has 4 rings (SSSR count). The summed E-state index contributed by atoms with van der Waals surface area (Å²) in [7, 11) is 2.22. The first kappa shape index (κ1) is 19.9. The second kappa shape index (κ2) is 8.96. The van der Waals surface area contributed by atoms with E-state index < -0.39 is 0 Å². The van der Waals surface area contributed by atoms with Gasteiger partial charge in [-0.2, -0.15) is 0 Å². The maximum absolute atomic E-state index is 13.6. The van der Waals surface area contributed by atoms with Crippen molar-refractivity contribution in [3.63, 3.8) is 0 Å². The van der Waals surface area contributed by atoms with Crippen LogP contribution in [-0.4, -0.2) is 61.0 Å². The number of nitrogens with one attached hydrogen (secondary N) is 1. The Morgan fingerprint density at radius 2 is 1.68 bits per heavy atom. The zero-order valence-corrected chi connectivity index (χ0v) is 17.5. The number of amides is 1. The van der Waals surface area contributed by atoms with Gasteiger partial charge in [-0.15, -0.1) is 0 Å². The highest BCUT2D eigenvalue weighted by Crippen LogP contribution is 2.40. The van der Waals surface area contributed by atoms with Crippen LogP contribution in [0.15, 0.2) is 30.3 Å². The molecular weight excluding hydrogens is 346 g/mol. The summed E-state index contributed by atoms with van der Waals surface area (Å²) >= 11 is 0. The standard InChI is InChI=1S/C24H37N3O/c1-26-17-12-22(13-18-26)27-16-8-11-21(19-27)25-23(28)24(14-6-3-7-15-24)20-9-4-2-5-10-20/h2,4-5,9-10,21-22H,3,6-8,11-19H2,1H3,(H,25,28). The molecule has 0 spiro atoms. The number of benzene rings is 1. The highest BCUT2D eigenvalue weighted by atomic mass is 16.2. The third-order valence-electron chi connectivity index (χ3n) is 7.46. The monoisotopic (exact) mass is 383 g/mol. The van der Waals surface area contributed by atoms with Crippen molar-refractivity contribution in [3.8, 4) is 0 Å². The van der Waals surface area contributed by atoms with Crippen LogP contribution in [0.3, 0.4) is 0 Å². The fourth-order valence-electron chi connectivity index (χ4n) is 5.70. The zero-order chi connectivity index (χ0) is 19.4. The first-order valence-corrected chi connectivity index (χ1v) is 11.5. The van der Waals surface area contributed by atoms with E-state index >= 15 is 0 Å². The first-order chi connectivity index (χ1) is 13.7. The lowest BCUT2D eigenvalue weighted by Crippen LogP contribution is -2.56. The maximum atomic E-state index is 13.6. The highest BCUT2D eigenvalue weighted by molar-refractivity contribution is 5.88. The fourth-order valence-corrected chi connectivity index (χ4v) is 5.70. The Bertz CT molecular complexity index is 633. The summed E-state index contributed by atoms with van der Waals surface area (Å²) in [5, 5.41) is 3.51. The number of piperidine rings is 2. The molecule has 1 aliphatic carbocycles. The topological polar surface area (TPSA) is 35.6 Å². The summed E-state index contributed by atoms with van der Waals surface area (Å²) in [4.78, 5) is 18.7. The molecule has 0 radical (unpaired) electrons. The minimum Gasteiger partial charge on any atom is -0.351 e. The summed E-state index contributed by atoms with van der Waals surface area (Å²) in [6.07, 6.45) is 10.4. The number of hydrogen-bond acceptors (Lipinski definition) is 3. The quantitative estimate of drug-likeness (QED) is 0.863. The third-order valence-corrected chi connectivity index (χ3v) is 7.46. The molecule has 4 heteroatoms. The van der Waals surface area contributed by atoms with Gasteiger partial charge in [-0.25, -0.2) is 0 Å². The van der Waals surface area contributed by atoms with E-state index in [1.807, 2.05) is 0 Å². The summed E-state index contributed by atoms with van der Waals surface area (Å²) in [6, 6.07) is 11.6. The Balaban J connectivity index is 1.42. The largest absolute Gasteiger partial charge is 0.351 e. The molecule has 28 heavy (non-hydrogen) atoms. The van der Waals surface area contributed by atoms with Gasteiger partial charge >= 0.3 is 0 Å². The summed E-state index contributed by atoms with van der Waals surface area (Å²) < 4.78 is 0. The van der Waals surface area contributed by atoms with Gasteiger partial charge in [0.05, 0.1) is 5.41 Å². The van der Waals surface area contributed by atoms with Gasteiger partial charge in [0, 0.05) is 18.6 Å². The van der Waals surface area contributed by atoms with Crippen molar-refractivity contribution in [1.82, 2.24) is 15.1 Å². The SMILES string of the molecule is CN1CCC(N2CCCC(NC(=O)C3(c4ccccc4)CCCCC3)C2)CC1.